The Morgan fingerprint density at radius 2 is 2.08 bits per heavy atom. The van der Waals surface area contributed by atoms with Crippen molar-refractivity contribution in [1.29, 1.82) is 0 Å². The predicted molar refractivity (Wildman–Crippen MR) is 59.9 cm³/mol. The summed E-state index contributed by atoms with van der Waals surface area (Å²) in [7, 11) is 0. The number of rotatable bonds is 1. The maximum absolute atomic E-state index is 8.90. The lowest BCUT2D eigenvalue weighted by Gasteiger charge is -2.07. The fourth-order valence-corrected chi connectivity index (χ4v) is 6.49. The second-order valence-corrected chi connectivity index (χ2v) is 7.75. The van der Waals surface area contributed by atoms with Gasteiger partial charge in [0.2, 0.25) is 0 Å². The van der Waals surface area contributed by atoms with Crippen LogP contribution in [0.5, 0.6) is 0 Å². The molecule has 6 heteroatoms. The third-order valence-electron chi connectivity index (χ3n) is 1.20. The Labute approximate surface area is 91.5 Å². The van der Waals surface area contributed by atoms with Crippen molar-refractivity contribution in [1.82, 2.24) is 0 Å². The van der Waals surface area contributed by atoms with Gasteiger partial charge in [-0.05, 0) is 5.41 Å². The standard InChI is InChI=1S/C6H4OS5/c7-1-3-2-9-4-5(10-3)12-6(8)11-4/h2,7H,1H2. The quantitative estimate of drug-likeness (QED) is 0.771. The normalized spacial score (nSPS) is 15.6. The van der Waals surface area contributed by atoms with Crippen molar-refractivity contribution in [3.63, 3.8) is 0 Å². The predicted octanol–water partition coefficient (Wildman–Crippen LogP) is 3.57. The van der Waals surface area contributed by atoms with Crippen LogP contribution in [0.2, 0.25) is 0 Å². The summed E-state index contributed by atoms with van der Waals surface area (Å²) in [5.41, 5.74) is 0. The Kier molecular flexibility index (Phi) is 2.93. The molecule has 0 bridgehead atoms. The second kappa shape index (κ2) is 3.81. The summed E-state index contributed by atoms with van der Waals surface area (Å²) in [5.74, 6) is 0. The van der Waals surface area contributed by atoms with Gasteiger partial charge in [0.05, 0.1) is 15.0 Å². The van der Waals surface area contributed by atoms with Crippen molar-refractivity contribution in [3.8, 4) is 0 Å². The summed E-state index contributed by atoms with van der Waals surface area (Å²) in [4.78, 5) is 1.01. The van der Waals surface area contributed by atoms with Crippen molar-refractivity contribution in [2.45, 2.75) is 8.42 Å². The highest BCUT2D eigenvalue weighted by atomic mass is 32.2. The lowest BCUT2D eigenvalue weighted by atomic mass is 10.7. The minimum atomic E-state index is 0.131. The lowest BCUT2D eigenvalue weighted by molar-refractivity contribution is 0.339. The smallest absolute Gasteiger partial charge is 0.145 e. The highest BCUT2D eigenvalue weighted by Crippen LogP contribution is 2.48. The van der Waals surface area contributed by atoms with Crippen LogP contribution in [0.1, 0.15) is 0 Å². The lowest BCUT2D eigenvalue weighted by Crippen LogP contribution is -1.86. The minimum Gasteiger partial charge on any atom is -0.391 e. The molecule has 12 heavy (non-hydrogen) atoms. The molecule has 1 aliphatic heterocycles. The molecule has 0 spiro atoms. The molecule has 0 saturated carbocycles. The van der Waals surface area contributed by atoms with Crippen LogP contribution in [-0.4, -0.2) is 11.7 Å². The fraction of sp³-hybridized carbons (Fsp3) is 0.167. The molecule has 2 heterocycles. The largest absolute Gasteiger partial charge is 0.391 e. The second-order valence-electron chi connectivity index (χ2n) is 1.99. The van der Waals surface area contributed by atoms with Gasteiger partial charge in [-0.1, -0.05) is 35.7 Å². The fourth-order valence-electron chi connectivity index (χ4n) is 0.722. The van der Waals surface area contributed by atoms with E-state index < -0.39 is 0 Å². The summed E-state index contributed by atoms with van der Waals surface area (Å²) in [6.07, 6.45) is 0. The van der Waals surface area contributed by atoms with Gasteiger partial charge in [-0.3, -0.25) is 0 Å². The van der Waals surface area contributed by atoms with Crippen molar-refractivity contribution in [3.05, 3.63) is 13.5 Å². The van der Waals surface area contributed by atoms with Crippen LogP contribution in [-0.2, 0) is 0 Å². The topological polar surface area (TPSA) is 20.2 Å². The van der Waals surface area contributed by atoms with Gasteiger partial charge >= 0.3 is 0 Å². The molecule has 64 valence electrons. The van der Waals surface area contributed by atoms with E-state index in [1.807, 2.05) is 5.41 Å². The van der Waals surface area contributed by atoms with Gasteiger partial charge in [-0.15, -0.1) is 22.7 Å². The number of aliphatic hydroxyl groups is 1. The minimum absolute atomic E-state index is 0.131. The number of fused-ring (bicyclic) bond motifs is 1. The molecule has 1 aromatic heterocycles. The van der Waals surface area contributed by atoms with Crippen LogP contribution >= 0.6 is 58.4 Å². The van der Waals surface area contributed by atoms with E-state index in [-0.39, 0.29) is 6.61 Å². The average Bonchev–Trinajstić information content (AvgIpc) is 2.43. The van der Waals surface area contributed by atoms with Crippen molar-refractivity contribution >= 4 is 58.4 Å². The summed E-state index contributed by atoms with van der Waals surface area (Å²) >= 11 is 11.7. The van der Waals surface area contributed by atoms with Crippen LogP contribution in [0.3, 0.4) is 0 Å². The molecule has 1 nitrogen and oxygen atoms in total. The Morgan fingerprint density at radius 3 is 2.83 bits per heavy atom. The molecule has 1 aliphatic rings. The highest BCUT2D eigenvalue weighted by molar-refractivity contribution is 8.11. The number of thioether (sulfide) groups is 2. The summed E-state index contributed by atoms with van der Waals surface area (Å²) in [5, 5.41) is 10.9. The van der Waals surface area contributed by atoms with Gasteiger partial charge in [0.1, 0.15) is 3.14 Å². The Hall–Kier alpha value is 0.670. The van der Waals surface area contributed by atoms with E-state index in [1.54, 1.807) is 46.2 Å². The number of hydrogen-bond donors (Lipinski definition) is 1. The third-order valence-corrected chi connectivity index (χ3v) is 6.73. The Morgan fingerprint density at radius 1 is 1.33 bits per heavy atom. The zero-order chi connectivity index (χ0) is 8.55. The molecule has 1 N–H and O–H groups in total. The van der Waals surface area contributed by atoms with Crippen LogP contribution < -0.4 is 0 Å². The molecule has 0 unspecified atom stereocenters. The summed E-state index contributed by atoms with van der Waals surface area (Å²) < 4.78 is 3.47. The zero-order valence-electron chi connectivity index (χ0n) is 5.77. The van der Waals surface area contributed by atoms with E-state index in [0.717, 1.165) is 8.04 Å². The van der Waals surface area contributed by atoms with Crippen molar-refractivity contribution < 1.29 is 5.11 Å². The molecular weight excluding hydrogens is 248 g/mol. The van der Waals surface area contributed by atoms with E-state index in [1.165, 1.54) is 8.42 Å². The first-order valence-corrected chi connectivity index (χ1v) is 6.81. The van der Waals surface area contributed by atoms with Gasteiger partial charge in [-0.2, -0.15) is 0 Å². The summed E-state index contributed by atoms with van der Waals surface area (Å²) in [6.45, 7) is 0.131. The monoisotopic (exact) mass is 252 g/mol. The Balaban J connectivity index is 2.35. The van der Waals surface area contributed by atoms with E-state index in [4.69, 9.17) is 17.3 Å². The first-order valence-electron chi connectivity index (χ1n) is 3.08. The maximum Gasteiger partial charge on any atom is 0.145 e. The molecule has 0 atom stereocenters. The van der Waals surface area contributed by atoms with Gasteiger partial charge < -0.3 is 5.11 Å². The molecule has 0 aromatic carbocycles. The zero-order valence-corrected chi connectivity index (χ0v) is 9.86. The molecule has 0 radical (unpaired) electrons. The van der Waals surface area contributed by atoms with Crippen LogP contribution in [0.25, 0.3) is 0 Å². The first-order chi connectivity index (χ1) is 5.79. The maximum atomic E-state index is 8.90. The number of hydrogen-bond acceptors (Lipinski definition) is 6. The Bertz CT molecular complexity index is 374. The first kappa shape index (κ1) is 9.23. The molecule has 0 aliphatic carbocycles. The van der Waals surface area contributed by atoms with Gasteiger partial charge in [0.25, 0.3) is 0 Å². The van der Waals surface area contributed by atoms with E-state index in [0.29, 0.717) is 0 Å². The molecule has 0 fully saturated rings. The van der Waals surface area contributed by atoms with Crippen LogP contribution in [0.4, 0.5) is 0 Å². The van der Waals surface area contributed by atoms with E-state index >= 15 is 0 Å². The summed E-state index contributed by atoms with van der Waals surface area (Å²) in [6, 6.07) is 0. The van der Waals surface area contributed by atoms with Gasteiger partial charge in [0, 0.05) is 4.91 Å². The molecule has 0 saturated heterocycles. The van der Waals surface area contributed by atoms with Crippen LogP contribution in [0, 0.1) is 3.14 Å². The highest BCUT2D eigenvalue weighted by Gasteiger charge is 2.14. The number of aliphatic hydroxyl groups excluding tert-OH is 1. The van der Waals surface area contributed by atoms with Crippen molar-refractivity contribution in [2.24, 2.45) is 0 Å². The molecule has 0 amide bonds. The van der Waals surface area contributed by atoms with E-state index in [2.05, 4.69) is 0 Å². The molecular formula is C6H4OS5. The third kappa shape index (κ3) is 1.78. The van der Waals surface area contributed by atoms with E-state index in [9.17, 15) is 0 Å². The van der Waals surface area contributed by atoms with Gasteiger partial charge in [0.15, 0.2) is 0 Å². The van der Waals surface area contributed by atoms with Gasteiger partial charge in [-0.25, -0.2) is 0 Å². The van der Waals surface area contributed by atoms with Crippen LogP contribution in [0.15, 0.2) is 18.7 Å². The molecule has 1 aromatic rings. The average molecular weight is 252 g/mol. The SMILES string of the molecule is OCC1=CSc2sc(=S)sc2S1. The molecule has 2 rings (SSSR count). The van der Waals surface area contributed by atoms with Crippen molar-refractivity contribution in [2.75, 3.05) is 6.61 Å².